The van der Waals surface area contributed by atoms with Gasteiger partial charge in [0.05, 0.1) is 17.8 Å². The molecule has 0 spiro atoms. The molecule has 0 amide bonds. The Balaban J connectivity index is 1.75. The molecule has 2 aromatic heterocycles. The topological polar surface area (TPSA) is 68.3 Å². The third-order valence-corrected chi connectivity index (χ3v) is 7.01. The van der Waals surface area contributed by atoms with Gasteiger partial charge in [0.25, 0.3) is 10.0 Å². The van der Waals surface area contributed by atoms with Crippen molar-refractivity contribution < 1.29 is 12.8 Å². The van der Waals surface area contributed by atoms with Crippen molar-refractivity contribution in [1.82, 2.24) is 13.9 Å². The maximum atomic E-state index is 12.8. The summed E-state index contributed by atoms with van der Waals surface area (Å²) in [6.07, 6.45) is 5.59. The molecule has 0 N–H and O–H groups in total. The highest BCUT2D eigenvalue weighted by Gasteiger charge is 2.30. The zero-order chi connectivity index (χ0) is 16.4. The van der Waals surface area contributed by atoms with Crippen LogP contribution in [0.25, 0.3) is 0 Å². The lowest BCUT2D eigenvalue weighted by molar-refractivity contribution is 0.415. The molecule has 1 aliphatic rings. The van der Waals surface area contributed by atoms with Crippen LogP contribution in [0.3, 0.4) is 0 Å². The third-order valence-electron chi connectivity index (χ3n) is 3.94. The van der Waals surface area contributed by atoms with E-state index in [2.05, 4.69) is 4.98 Å². The predicted molar refractivity (Wildman–Crippen MR) is 89.9 cm³/mol. The Morgan fingerprint density at radius 2 is 2.22 bits per heavy atom. The zero-order valence-corrected chi connectivity index (χ0v) is 14.9. The van der Waals surface area contributed by atoms with E-state index in [4.69, 9.17) is 4.42 Å². The molecule has 1 unspecified atom stereocenters. The molecule has 2 aromatic rings. The van der Waals surface area contributed by atoms with Gasteiger partial charge in [-0.1, -0.05) is 0 Å². The molecule has 0 radical (unpaired) electrons. The van der Waals surface area contributed by atoms with E-state index in [9.17, 15) is 8.42 Å². The van der Waals surface area contributed by atoms with Crippen LogP contribution in [-0.4, -0.2) is 41.1 Å². The van der Waals surface area contributed by atoms with Crippen molar-refractivity contribution in [3.63, 3.8) is 0 Å². The van der Waals surface area contributed by atoms with Crippen LogP contribution in [0.4, 0.5) is 0 Å². The second-order valence-electron chi connectivity index (χ2n) is 5.82. The third kappa shape index (κ3) is 3.49. The molecule has 0 aliphatic carbocycles. The number of hydrogen-bond donors (Lipinski definition) is 0. The number of aromatic nitrogens is 2. The van der Waals surface area contributed by atoms with Gasteiger partial charge in [-0.3, -0.25) is 0 Å². The summed E-state index contributed by atoms with van der Waals surface area (Å²) in [5.74, 6) is 1.66. The molecule has 1 saturated heterocycles. The molecule has 0 bridgehead atoms. The minimum absolute atomic E-state index is 0.132. The number of nitrogens with zero attached hydrogens (tertiary/aromatic N) is 3. The second-order valence-corrected chi connectivity index (χ2v) is 9.02. The van der Waals surface area contributed by atoms with E-state index in [-0.39, 0.29) is 16.3 Å². The minimum atomic E-state index is -3.53. The van der Waals surface area contributed by atoms with Crippen LogP contribution in [0, 0.1) is 0 Å². The lowest BCUT2D eigenvalue weighted by atomic mass is 10.2. The molecule has 6 nitrogen and oxygen atoms in total. The summed E-state index contributed by atoms with van der Waals surface area (Å²) in [7, 11) is -3.53. The second kappa shape index (κ2) is 6.70. The number of thioether (sulfide) groups is 1. The molecule has 0 saturated carbocycles. The van der Waals surface area contributed by atoms with Gasteiger partial charge in [0.15, 0.2) is 5.03 Å². The van der Waals surface area contributed by atoms with Crippen LogP contribution < -0.4 is 0 Å². The monoisotopic (exact) mass is 355 g/mol. The molecule has 3 rings (SSSR count). The van der Waals surface area contributed by atoms with Crippen LogP contribution in [0.1, 0.15) is 37.3 Å². The summed E-state index contributed by atoms with van der Waals surface area (Å²) in [5.41, 5.74) is 0. The summed E-state index contributed by atoms with van der Waals surface area (Å²) < 4.78 is 34.4. The number of imidazole rings is 1. The van der Waals surface area contributed by atoms with Crippen molar-refractivity contribution in [2.75, 3.05) is 18.8 Å². The normalized spacial score (nSPS) is 20.7. The smallest absolute Gasteiger partial charge is 0.262 e. The van der Waals surface area contributed by atoms with Gasteiger partial charge in [-0.2, -0.15) is 4.31 Å². The molecule has 8 heteroatoms. The van der Waals surface area contributed by atoms with E-state index in [1.54, 1.807) is 30.5 Å². The Morgan fingerprint density at radius 3 is 2.87 bits per heavy atom. The van der Waals surface area contributed by atoms with Crippen LogP contribution >= 0.6 is 11.8 Å². The fourth-order valence-electron chi connectivity index (χ4n) is 2.56. The summed E-state index contributed by atoms with van der Waals surface area (Å²) in [4.78, 5) is 4.09. The van der Waals surface area contributed by atoms with Gasteiger partial charge in [-0.05, 0) is 32.4 Å². The molecular weight excluding hydrogens is 334 g/mol. The van der Waals surface area contributed by atoms with Gasteiger partial charge < -0.3 is 8.98 Å². The molecule has 126 valence electrons. The van der Waals surface area contributed by atoms with E-state index in [0.29, 0.717) is 13.1 Å². The predicted octanol–water partition coefficient (Wildman–Crippen LogP) is 2.93. The van der Waals surface area contributed by atoms with Gasteiger partial charge in [-0.15, -0.1) is 11.8 Å². The van der Waals surface area contributed by atoms with Gasteiger partial charge >= 0.3 is 0 Å². The van der Waals surface area contributed by atoms with E-state index >= 15 is 0 Å². The molecule has 0 aromatic carbocycles. The lowest BCUT2D eigenvalue weighted by Crippen LogP contribution is -2.33. The highest BCUT2D eigenvalue weighted by atomic mass is 32.2. The lowest BCUT2D eigenvalue weighted by Gasteiger charge is -2.18. The van der Waals surface area contributed by atoms with Crippen molar-refractivity contribution >= 4 is 21.8 Å². The molecule has 1 fully saturated rings. The first-order valence-electron chi connectivity index (χ1n) is 7.67. The average Bonchev–Trinajstić information content (AvgIpc) is 3.15. The van der Waals surface area contributed by atoms with Crippen LogP contribution in [-0.2, 0) is 10.0 Å². The van der Waals surface area contributed by atoms with E-state index in [0.717, 1.165) is 17.9 Å². The van der Waals surface area contributed by atoms with E-state index in [1.165, 1.54) is 4.31 Å². The standard InChI is InChI=1S/C15H21N3O3S2/c1-12(2)17-10-15(16-11-17)23(19,20)18-6-5-14(22-9-7-18)13-4-3-8-21-13/h3-4,8,10-12,14H,5-7,9H2,1-2H3. The van der Waals surface area contributed by atoms with Gasteiger partial charge in [0.1, 0.15) is 5.76 Å². The first kappa shape index (κ1) is 16.6. The summed E-state index contributed by atoms with van der Waals surface area (Å²) in [6, 6.07) is 4.01. The van der Waals surface area contributed by atoms with Crippen molar-refractivity contribution in [2.45, 2.75) is 36.6 Å². The number of sulfonamides is 1. The van der Waals surface area contributed by atoms with Gasteiger partial charge in [0, 0.05) is 31.1 Å². The minimum Gasteiger partial charge on any atom is -0.468 e. The largest absolute Gasteiger partial charge is 0.468 e. The van der Waals surface area contributed by atoms with Crippen molar-refractivity contribution in [3.8, 4) is 0 Å². The fraction of sp³-hybridized carbons (Fsp3) is 0.533. The first-order valence-corrected chi connectivity index (χ1v) is 10.2. The SMILES string of the molecule is CC(C)n1cnc(S(=O)(=O)N2CCSC(c3ccco3)CC2)c1. The Morgan fingerprint density at radius 1 is 1.39 bits per heavy atom. The molecule has 1 atom stereocenters. The Kier molecular flexibility index (Phi) is 4.84. The highest BCUT2D eigenvalue weighted by molar-refractivity contribution is 7.99. The highest BCUT2D eigenvalue weighted by Crippen LogP contribution is 2.35. The Labute approximate surface area is 140 Å². The van der Waals surface area contributed by atoms with Crippen LogP contribution in [0.2, 0.25) is 0 Å². The Bertz CT molecular complexity index is 738. The van der Waals surface area contributed by atoms with E-state index in [1.807, 2.05) is 30.5 Å². The Hall–Kier alpha value is -1.25. The maximum absolute atomic E-state index is 12.8. The van der Waals surface area contributed by atoms with Gasteiger partial charge in [-0.25, -0.2) is 13.4 Å². The van der Waals surface area contributed by atoms with Crippen LogP contribution in [0.15, 0.2) is 40.4 Å². The summed E-state index contributed by atoms with van der Waals surface area (Å²) >= 11 is 1.74. The molecule has 1 aliphatic heterocycles. The number of furan rings is 1. The summed E-state index contributed by atoms with van der Waals surface area (Å²) in [5, 5.41) is 0.339. The molecule has 23 heavy (non-hydrogen) atoms. The van der Waals surface area contributed by atoms with Crippen molar-refractivity contribution in [3.05, 3.63) is 36.7 Å². The number of rotatable bonds is 4. The quantitative estimate of drug-likeness (QED) is 0.843. The first-order chi connectivity index (χ1) is 11.0. The van der Waals surface area contributed by atoms with Gasteiger partial charge in [0.2, 0.25) is 0 Å². The fourth-order valence-corrected chi connectivity index (χ4v) is 5.23. The zero-order valence-electron chi connectivity index (χ0n) is 13.3. The van der Waals surface area contributed by atoms with Crippen molar-refractivity contribution in [2.24, 2.45) is 0 Å². The summed E-state index contributed by atoms with van der Waals surface area (Å²) in [6.45, 7) is 4.97. The van der Waals surface area contributed by atoms with E-state index < -0.39 is 10.0 Å². The molecule has 3 heterocycles. The van der Waals surface area contributed by atoms with Crippen LogP contribution in [0.5, 0.6) is 0 Å². The average molecular weight is 355 g/mol. The van der Waals surface area contributed by atoms with Crippen molar-refractivity contribution in [1.29, 1.82) is 0 Å². The number of hydrogen-bond acceptors (Lipinski definition) is 5. The molecular formula is C15H21N3O3S2. The maximum Gasteiger partial charge on any atom is 0.262 e.